The van der Waals surface area contributed by atoms with Gasteiger partial charge in [-0.1, -0.05) is 73.3 Å². The Hall–Kier alpha value is -3.40. The summed E-state index contributed by atoms with van der Waals surface area (Å²) in [5.41, 5.74) is 4.55. The highest BCUT2D eigenvalue weighted by atomic mass is 16.5. The smallest absolute Gasteiger partial charge is 0.333 e. The van der Waals surface area contributed by atoms with Crippen molar-refractivity contribution in [1.82, 2.24) is 9.55 Å². The lowest BCUT2D eigenvalue weighted by Gasteiger charge is -2.12. The number of carbonyl (C=O) groups is 1. The highest BCUT2D eigenvalue weighted by molar-refractivity contribution is 5.86. The Balaban J connectivity index is 1.98. The molecule has 3 rings (SSSR count). The van der Waals surface area contributed by atoms with Gasteiger partial charge in [0.2, 0.25) is 0 Å². The molecular weight excluding hydrogens is 360 g/mol. The third kappa shape index (κ3) is 5.32. The third-order valence-corrected chi connectivity index (χ3v) is 4.65. The second-order valence-electron chi connectivity index (χ2n) is 7.00. The number of ether oxygens (including phenoxy) is 1. The summed E-state index contributed by atoms with van der Waals surface area (Å²) in [7, 11) is 0. The number of esters is 1. The lowest BCUT2D eigenvalue weighted by Crippen LogP contribution is -2.10. The molecule has 0 saturated carbocycles. The number of hydrogen-bond acceptors (Lipinski definition) is 3. The average molecular weight is 386 g/mol. The molecule has 4 nitrogen and oxygen atoms in total. The van der Waals surface area contributed by atoms with Crippen LogP contribution in [0.2, 0.25) is 0 Å². The molecule has 0 radical (unpaired) electrons. The minimum absolute atomic E-state index is 0.125. The van der Waals surface area contributed by atoms with Crippen molar-refractivity contribution >= 4 is 5.97 Å². The van der Waals surface area contributed by atoms with Gasteiger partial charge >= 0.3 is 5.97 Å². The maximum Gasteiger partial charge on any atom is 0.333 e. The number of imidazole rings is 1. The fourth-order valence-corrected chi connectivity index (χ4v) is 3.21. The molecule has 148 valence electrons. The Morgan fingerprint density at radius 1 is 1.03 bits per heavy atom. The van der Waals surface area contributed by atoms with Crippen LogP contribution in [-0.4, -0.2) is 15.5 Å². The van der Waals surface area contributed by atoms with E-state index in [0.717, 1.165) is 17.2 Å². The van der Waals surface area contributed by atoms with Crippen LogP contribution < -0.4 is 0 Å². The van der Waals surface area contributed by atoms with Gasteiger partial charge in [0.15, 0.2) is 0 Å². The van der Waals surface area contributed by atoms with Gasteiger partial charge in [0.25, 0.3) is 0 Å². The van der Waals surface area contributed by atoms with Gasteiger partial charge in [-0.05, 0) is 18.1 Å². The van der Waals surface area contributed by atoms with Gasteiger partial charge in [-0.3, -0.25) is 0 Å². The number of nitrogens with zero attached hydrogens (tertiary/aromatic N) is 2. The molecule has 0 aliphatic heterocycles. The zero-order valence-electron chi connectivity index (χ0n) is 16.8. The molecule has 0 aliphatic rings. The molecular formula is C25H26N2O2. The Kier molecular flexibility index (Phi) is 6.80. The summed E-state index contributed by atoms with van der Waals surface area (Å²) in [6.45, 7) is 9.98. The van der Waals surface area contributed by atoms with E-state index in [0.29, 0.717) is 25.0 Å². The van der Waals surface area contributed by atoms with Gasteiger partial charge < -0.3 is 9.30 Å². The van der Waals surface area contributed by atoms with Crippen LogP contribution in [0.15, 0.2) is 85.5 Å². The van der Waals surface area contributed by atoms with Crippen molar-refractivity contribution in [3.63, 3.8) is 0 Å². The molecule has 0 spiro atoms. The number of aromatic nitrogens is 2. The van der Waals surface area contributed by atoms with Gasteiger partial charge in [-0.25, -0.2) is 9.78 Å². The van der Waals surface area contributed by atoms with Crippen molar-refractivity contribution in [2.24, 2.45) is 0 Å². The minimum Gasteiger partial charge on any atom is -0.456 e. The average Bonchev–Trinajstić information content (AvgIpc) is 3.04. The fraction of sp³-hybridized carbons (Fsp3) is 0.200. The molecule has 0 fully saturated rings. The van der Waals surface area contributed by atoms with E-state index in [1.54, 1.807) is 6.92 Å². The molecule has 1 heterocycles. The van der Waals surface area contributed by atoms with E-state index < -0.39 is 5.97 Å². The normalized spacial score (nSPS) is 10.5. The third-order valence-electron chi connectivity index (χ3n) is 4.65. The molecule has 1 aromatic heterocycles. The fourth-order valence-electron chi connectivity index (χ4n) is 3.21. The van der Waals surface area contributed by atoms with Gasteiger partial charge in [0, 0.05) is 30.7 Å². The Morgan fingerprint density at radius 2 is 1.62 bits per heavy atom. The molecule has 0 atom stereocenters. The Morgan fingerprint density at radius 3 is 2.17 bits per heavy atom. The van der Waals surface area contributed by atoms with E-state index in [-0.39, 0.29) is 6.61 Å². The van der Waals surface area contributed by atoms with Crippen LogP contribution in [0, 0.1) is 0 Å². The van der Waals surface area contributed by atoms with Gasteiger partial charge in [-0.15, -0.1) is 6.58 Å². The summed E-state index contributed by atoms with van der Waals surface area (Å²) in [5, 5.41) is 0. The lowest BCUT2D eigenvalue weighted by molar-refractivity contribution is -0.140. The van der Waals surface area contributed by atoms with Crippen molar-refractivity contribution in [2.45, 2.75) is 32.9 Å². The largest absolute Gasteiger partial charge is 0.456 e. The standard InChI is InChI=1S/C25H26N2O2/c1-4-15-27-23(16-20-11-7-5-8-12-20)22(18-29-25(28)19(2)3)26-24(27)17-21-13-9-6-10-14-21/h4-14H,1-2,15-18H2,3H3. The molecule has 29 heavy (non-hydrogen) atoms. The minimum atomic E-state index is -0.404. The molecule has 0 aliphatic carbocycles. The first-order valence-corrected chi connectivity index (χ1v) is 9.67. The maximum absolute atomic E-state index is 11.9. The van der Waals surface area contributed by atoms with Crippen LogP contribution in [0.5, 0.6) is 0 Å². The molecule has 0 N–H and O–H groups in total. The molecule has 0 bridgehead atoms. The number of carbonyl (C=O) groups excluding carboxylic acids is 1. The van der Waals surface area contributed by atoms with Crippen molar-refractivity contribution in [2.75, 3.05) is 0 Å². The highest BCUT2D eigenvalue weighted by Gasteiger charge is 2.19. The van der Waals surface area contributed by atoms with Crippen molar-refractivity contribution in [3.8, 4) is 0 Å². The van der Waals surface area contributed by atoms with Gasteiger partial charge in [0.05, 0.1) is 5.69 Å². The predicted octanol–water partition coefficient (Wildman–Crippen LogP) is 4.87. The molecule has 0 unspecified atom stereocenters. The summed E-state index contributed by atoms with van der Waals surface area (Å²) in [4.78, 5) is 16.8. The zero-order valence-corrected chi connectivity index (χ0v) is 16.8. The summed E-state index contributed by atoms with van der Waals surface area (Å²) in [6.07, 6.45) is 3.27. The molecule has 4 heteroatoms. The Labute approximate surface area is 172 Å². The van der Waals surface area contributed by atoms with E-state index in [2.05, 4.69) is 42.0 Å². The molecule has 0 amide bonds. The lowest BCUT2D eigenvalue weighted by atomic mass is 10.1. The molecule has 3 aromatic rings. The van der Waals surface area contributed by atoms with E-state index in [1.807, 2.05) is 42.5 Å². The van der Waals surface area contributed by atoms with Crippen LogP contribution >= 0.6 is 0 Å². The van der Waals surface area contributed by atoms with Crippen molar-refractivity contribution < 1.29 is 9.53 Å². The van der Waals surface area contributed by atoms with E-state index in [1.165, 1.54) is 11.1 Å². The first-order valence-electron chi connectivity index (χ1n) is 9.67. The predicted molar refractivity (Wildman–Crippen MR) is 116 cm³/mol. The van der Waals surface area contributed by atoms with Crippen molar-refractivity contribution in [3.05, 3.63) is 114 Å². The van der Waals surface area contributed by atoms with E-state index in [4.69, 9.17) is 9.72 Å². The number of hydrogen-bond donors (Lipinski definition) is 0. The first-order chi connectivity index (χ1) is 14.1. The van der Waals surface area contributed by atoms with Crippen LogP contribution in [-0.2, 0) is 35.5 Å². The number of allylic oxidation sites excluding steroid dienone is 1. The van der Waals surface area contributed by atoms with Crippen LogP contribution in [0.25, 0.3) is 0 Å². The summed E-state index contributed by atoms with van der Waals surface area (Å²) >= 11 is 0. The van der Waals surface area contributed by atoms with E-state index >= 15 is 0 Å². The van der Waals surface area contributed by atoms with Gasteiger partial charge in [0.1, 0.15) is 12.4 Å². The second-order valence-corrected chi connectivity index (χ2v) is 7.00. The summed E-state index contributed by atoms with van der Waals surface area (Å²) in [6, 6.07) is 20.5. The highest BCUT2D eigenvalue weighted by Crippen LogP contribution is 2.21. The van der Waals surface area contributed by atoms with Gasteiger partial charge in [-0.2, -0.15) is 0 Å². The maximum atomic E-state index is 11.9. The number of rotatable bonds is 9. The van der Waals surface area contributed by atoms with Crippen LogP contribution in [0.4, 0.5) is 0 Å². The zero-order chi connectivity index (χ0) is 20.6. The van der Waals surface area contributed by atoms with Crippen LogP contribution in [0.3, 0.4) is 0 Å². The molecule has 0 saturated heterocycles. The summed E-state index contributed by atoms with van der Waals surface area (Å²) in [5.74, 6) is 0.530. The van der Waals surface area contributed by atoms with Crippen LogP contribution in [0.1, 0.15) is 35.3 Å². The van der Waals surface area contributed by atoms with E-state index in [9.17, 15) is 4.79 Å². The molecule has 2 aromatic carbocycles. The Bertz CT molecular complexity index is 988. The first kappa shape index (κ1) is 20.3. The number of benzene rings is 2. The quantitative estimate of drug-likeness (QED) is 0.299. The SMILES string of the molecule is C=CCn1c(Cc2ccccc2)nc(COC(=O)C(=C)C)c1Cc1ccccc1. The second kappa shape index (κ2) is 9.69. The topological polar surface area (TPSA) is 44.1 Å². The van der Waals surface area contributed by atoms with Crippen molar-refractivity contribution in [1.29, 1.82) is 0 Å². The summed E-state index contributed by atoms with van der Waals surface area (Å²) < 4.78 is 7.60. The monoisotopic (exact) mass is 386 g/mol.